The summed E-state index contributed by atoms with van der Waals surface area (Å²) in [7, 11) is 3.82. The lowest BCUT2D eigenvalue weighted by Crippen LogP contribution is -3.00. The minimum Gasteiger partial charge on any atom is -1.00 e. The molecule has 7 aromatic rings. The maximum Gasteiger partial charge on any atom is 0.339 e. The highest BCUT2D eigenvalue weighted by molar-refractivity contribution is 6.32. The highest BCUT2D eigenvalue weighted by atomic mass is 35.5. The molecule has 0 radical (unpaired) electrons. The number of allylic oxidation sites excluding steroid dienone is 1. The van der Waals surface area contributed by atoms with Gasteiger partial charge in [0.2, 0.25) is 5.95 Å². The molecule has 0 fully saturated rings. The third-order valence-electron chi connectivity index (χ3n) is 9.20. The Labute approximate surface area is 370 Å². The molecule has 3 aromatic heterocycles. The summed E-state index contributed by atoms with van der Waals surface area (Å²) in [6.07, 6.45) is 7.18. The molecule has 15 heteroatoms. The third kappa shape index (κ3) is 11.0. The summed E-state index contributed by atoms with van der Waals surface area (Å²) in [5.41, 5.74) is 20.4. The van der Waals surface area contributed by atoms with Gasteiger partial charge < -0.3 is 33.3 Å². The van der Waals surface area contributed by atoms with Crippen LogP contribution in [0.4, 0.5) is 29.0 Å². The van der Waals surface area contributed by atoms with Gasteiger partial charge in [0.1, 0.15) is 11.6 Å². The van der Waals surface area contributed by atoms with E-state index < -0.39 is 0 Å². The number of ketones is 1. The van der Waals surface area contributed by atoms with E-state index in [0.29, 0.717) is 46.0 Å². The first kappa shape index (κ1) is 43.6. The Kier molecular flexibility index (Phi) is 14.5. The molecule has 2 aliphatic heterocycles. The van der Waals surface area contributed by atoms with Crippen molar-refractivity contribution in [3.8, 4) is 22.4 Å². The van der Waals surface area contributed by atoms with Gasteiger partial charge in [-0.3, -0.25) is 21.3 Å². The molecule has 9 rings (SSSR count). The number of benzene rings is 4. The van der Waals surface area contributed by atoms with Crippen LogP contribution in [0.2, 0.25) is 10.0 Å². The number of para-hydroxylation sites is 2. The van der Waals surface area contributed by atoms with Crippen molar-refractivity contribution in [2.75, 3.05) is 30.0 Å². The Morgan fingerprint density at radius 1 is 0.705 bits per heavy atom. The molecule has 0 amide bonds. The van der Waals surface area contributed by atoms with Gasteiger partial charge in [-0.05, 0) is 71.8 Å². The van der Waals surface area contributed by atoms with Crippen LogP contribution in [0.15, 0.2) is 146 Å². The third-order valence-corrected chi connectivity index (χ3v) is 9.67. The average Bonchev–Trinajstić information content (AvgIpc) is 3.46. The fourth-order valence-electron chi connectivity index (χ4n) is 6.50. The Bertz CT molecular complexity index is 2720. The van der Waals surface area contributed by atoms with Crippen molar-refractivity contribution in [1.82, 2.24) is 24.8 Å². The summed E-state index contributed by atoms with van der Waals surface area (Å²) in [6.45, 7) is 1.19. The second-order valence-electron chi connectivity index (χ2n) is 13.9. The molecule has 5 heterocycles. The van der Waals surface area contributed by atoms with E-state index in [1.54, 1.807) is 24.5 Å². The second-order valence-corrected chi connectivity index (χ2v) is 14.7. The second kappa shape index (κ2) is 20.3. The number of carbonyl (C=O) groups is 1. The summed E-state index contributed by atoms with van der Waals surface area (Å²) in [5, 5.41) is 11.4. The monoisotopic (exact) mass is 869 g/mol. The first-order valence-corrected chi connectivity index (χ1v) is 19.7. The quantitative estimate of drug-likeness (QED) is 0.0781. The number of nitrogens with zero attached hydrogens (tertiary/aromatic N) is 5. The summed E-state index contributed by atoms with van der Waals surface area (Å²) in [6, 6.07) is 38.6. The van der Waals surface area contributed by atoms with Crippen LogP contribution in [-0.4, -0.2) is 50.7 Å². The first-order chi connectivity index (χ1) is 29.1. The van der Waals surface area contributed by atoms with E-state index in [4.69, 9.17) is 39.7 Å². The zero-order valence-electron chi connectivity index (χ0n) is 33.2. The molecule has 0 spiro atoms. The predicted molar refractivity (Wildman–Crippen MR) is 242 cm³/mol. The van der Waals surface area contributed by atoms with Crippen molar-refractivity contribution in [2.45, 2.75) is 13.1 Å². The average molecular weight is 871 g/mol. The van der Waals surface area contributed by atoms with Gasteiger partial charge in [0.05, 0.1) is 17.8 Å². The lowest BCUT2D eigenvalue weighted by atomic mass is 9.98. The zero-order valence-corrected chi connectivity index (χ0v) is 35.5. The fourth-order valence-corrected chi connectivity index (χ4v) is 6.92. The number of fused-ring (bicyclic) bond motifs is 7. The standard InChI is InChI=1S/C22H16ClN5.C16H15N3O.C8H10ClN3.ClH/c23-15-6-3-5-14(11-15)12-25-22-26-13-18-16-7-1-2-9-19(16)27-21-17(20(18)28-22)8-4-10-24-21;1-19(2)10-13-11-6-3-4-8-14(11)18-16-12(15(13)20)7-5-9-17-16;9-7-3-1-2-6(4-7)5-12-8(10)11;/h1-11,13H,12H2,(H,24,27)(H,25,26,28);3-10H,1-2H3,(H,17,18);1-4H,5H2,(H4,10,11,12);1H/b;13-10+;;. The molecule has 4 aromatic carbocycles. The van der Waals surface area contributed by atoms with Gasteiger partial charge >= 0.3 is 5.96 Å². The SMILES string of the molecule is CN(C)/C=C1/C(=O)c2cccnc2Nc2ccccc21.Clc1cccc(CNc2ncc3c(n2)-c2cccnc2Nc2ccccc2-3)c1.NC(N)=[NH+]Cc1cccc(Cl)c1.[Cl-]. The molecule has 0 bridgehead atoms. The summed E-state index contributed by atoms with van der Waals surface area (Å²) >= 11 is 11.8. The smallest absolute Gasteiger partial charge is 0.339 e. The van der Waals surface area contributed by atoms with E-state index in [-0.39, 0.29) is 24.1 Å². The first-order valence-electron chi connectivity index (χ1n) is 18.9. The van der Waals surface area contributed by atoms with E-state index in [2.05, 4.69) is 42.0 Å². The van der Waals surface area contributed by atoms with Crippen LogP contribution in [0.3, 0.4) is 0 Å². The molecule has 0 saturated heterocycles. The van der Waals surface area contributed by atoms with Crippen molar-refractivity contribution in [2.24, 2.45) is 11.5 Å². The van der Waals surface area contributed by atoms with Gasteiger partial charge in [-0.15, -0.1) is 0 Å². The number of pyridine rings is 2. The number of hydrogen-bond donors (Lipinski definition) is 6. The number of halogens is 3. The number of guanidine groups is 1. The van der Waals surface area contributed by atoms with Gasteiger partial charge in [-0.1, -0.05) is 83.9 Å². The minimum atomic E-state index is -0.0146. The van der Waals surface area contributed by atoms with Crippen molar-refractivity contribution < 1.29 is 22.2 Å². The van der Waals surface area contributed by atoms with Crippen molar-refractivity contribution in [1.29, 1.82) is 0 Å². The van der Waals surface area contributed by atoms with Crippen LogP contribution in [0.5, 0.6) is 0 Å². The van der Waals surface area contributed by atoms with Gasteiger partial charge in [0.25, 0.3) is 0 Å². The van der Waals surface area contributed by atoms with Crippen LogP contribution in [0.25, 0.3) is 28.0 Å². The van der Waals surface area contributed by atoms with Crippen molar-refractivity contribution in [3.05, 3.63) is 178 Å². The number of Topliss-reactive ketones (excluding diaryl/α,β-unsaturated/α-hetero) is 1. The highest BCUT2D eigenvalue weighted by Crippen LogP contribution is 2.42. The molecule has 12 nitrogen and oxygen atoms in total. The van der Waals surface area contributed by atoms with Gasteiger partial charge in [0.15, 0.2) is 5.78 Å². The Morgan fingerprint density at radius 2 is 1.28 bits per heavy atom. The zero-order chi connectivity index (χ0) is 42.0. The Morgan fingerprint density at radius 3 is 1.93 bits per heavy atom. The highest BCUT2D eigenvalue weighted by Gasteiger charge is 2.25. The summed E-state index contributed by atoms with van der Waals surface area (Å²) in [5.74, 6) is 2.16. The lowest BCUT2D eigenvalue weighted by molar-refractivity contribution is -0.477. The molecule has 61 heavy (non-hydrogen) atoms. The molecular weight excluding hydrogens is 829 g/mol. The maximum absolute atomic E-state index is 12.8. The molecule has 308 valence electrons. The van der Waals surface area contributed by atoms with Crippen LogP contribution in [-0.2, 0) is 13.1 Å². The van der Waals surface area contributed by atoms with Gasteiger partial charge in [-0.25, -0.2) is 19.9 Å². The normalized spacial score (nSPS) is 12.1. The summed E-state index contributed by atoms with van der Waals surface area (Å²) < 4.78 is 0. The van der Waals surface area contributed by atoms with Gasteiger partial charge in [0, 0.05) is 94.7 Å². The molecule has 0 unspecified atom stereocenters. The van der Waals surface area contributed by atoms with Crippen molar-refractivity contribution >= 4 is 69.5 Å². The number of carbonyl (C=O) groups excluding carboxylic acids is 1. The molecule has 0 saturated carbocycles. The number of nitrogens with two attached hydrogens (primary N) is 2. The minimum absolute atomic E-state index is 0. The van der Waals surface area contributed by atoms with E-state index in [0.717, 1.165) is 56.3 Å². The molecule has 0 aliphatic carbocycles. The molecule has 0 atom stereocenters. The molecule has 8 N–H and O–H groups in total. The van der Waals surface area contributed by atoms with Crippen LogP contribution in [0.1, 0.15) is 27.0 Å². The van der Waals surface area contributed by atoms with E-state index in [1.807, 2.05) is 135 Å². The van der Waals surface area contributed by atoms with Crippen LogP contribution < -0.4 is 44.8 Å². The van der Waals surface area contributed by atoms with Crippen molar-refractivity contribution in [3.63, 3.8) is 0 Å². The number of aromatic nitrogens is 4. The number of hydrogen-bond acceptors (Lipinski definition) is 9. The maximum atomic E-state index is 12.8. The Balaban J connectivity index is 0.000000165. The number of rotatable bonds is 6. The van der Waals surface area contributed by atoms with E-state index in [9.17, 15) is 4.79 Å². The number of nitrogens with one attached hydrogen (secondary N) is 4. The Hall–Kier alpha value is -6.99. The summed E-state index contributed by atoms with van der Waals surface area (Å²) in [4.78, 5) is 35.6. The number of anilines is 5. The van der Waals surface area contributed by atoms with E-state index >= 15 is 0 Å². The lowest BCUT2D eigenvalue weighted by Gasteiger charge is -2.11. The van der Waals surface area contributed by atoms with Crippen LogP contribution >= 0.6 is 23.2 Å². The molecular formula is C46H42Cl3N11O. The van der Waals surface area contributed by atoms with E-state index in [1.165, 1.54) is 0 Å². The van der Waals surface area contributed by atoms with Crippen LogP contribution in [0, 0.1) is 0 Å². The molecule has 2 aliphatic rings. The predicted octanol–water partition coefficient (Wildman–Crippen LogP) is 4.65. The largest absolute Gasteiger partial charge is 1.00 e. The van der Waals surface area contributed by atoms with Gasteiger partial charge in [-0.2, -0.15) is 0 Å². The topological polar surface area (TPSA) is 174 Å². The fraction of sp³-hybridized carbons (Fsp3) is 0.0870.